The molecule has 0 saturated heterocycles. The molecule has 0 bridgehead atoms. The fourth-order valence-corrected chi connectivity index (χ4v) is 7.11. The number of nitrogens with one attached hydrogen (secondary N) is 1. The van der Waals surface area contributed by atoms with Crippen LogP contribution in [0, 0.1) is 13.8 Å². The Balaban J connectivity index is 1.74. The van der Waals surface area contributed by atoms with Crippen molar-refractivity contribution in [1.29, 1.82) is 0 Å². The number of carbonyl (C=O) groups excluding carboxylic acids is 2. The monoisotopic (exact) mass is 595 g/mol. The molecule has 3 aromatic carbocycles. The van der Waals surface area contributed by atoms with Gasteiger partial charge in [-0.15, -0.1) is 0 Å². The highest BCUT2D eigenvalue weighted by molar-refractivity contribution is 7.92. The van der Waals surface area contributed by atoms with Crippen molar-refractivity contribution in [3.05, 3.63) is 94.5 Å². The maximum Gasteiger partial charge on any atom is 0.264 e. The Bertz CT molecular complexity index is 1470. The first-order valence-electron chi connectivity index (χ1n) is 14.1. The van der Waals surface area contributed by atoms with Crippen LogP contribution in [0.1, 0.15) is 55.7 Å². The molecule has 1 N–H and O–H groups in total. The van der Waals surface area contributed by atoms with Crippen molar-refractivity contribution in [3.8, 4) is 0 Å². The summed E-state index contributed by atoms with van der Waals surface area (Å²) in [6.07, 6.45) is 4.31. The summed E-state index contributed by atoms with van der Waals surface area (Å²) >= 11 is 6.48. The maximum atomic E-state index is 14.2. The molecule has 1 saturated carbocycles. The highest BCUT2D eigenvalue weighted by Gasteiger charge is 2.35. The van der Waals surface area contributed by atoms with Gasteiger partial charge in [0.25, 0.3) is 10.0 Å². The number of benzene rings is 3. The first-order chi connectivity index (χ1) is 19.6. The van der Waals surface area contributed by atoms with Gasteiger partial charge in [0.15, 0.2) is 0 Å². The summed E-state index contributed by atoms with van der Waals surface area (Å²) in [6, 6.07) is 20.0. The van der Waals surface area contributed by atoms with Crippen LogP contribution in [-0.4, -0.2) is 43.8 Å². The summed E-state index contributed by atoms with van der Waals surface area (Å²) < 4.78 is 29.2. The van der Waals surface area contributed by atoms with Crippen molar-refractivity contribution in [1.82, 2.24) is 10.2 Å². The topological polar surface area (TPSA) is 86.8 Å². The summed E-state index contributed by atoms with van der Waals surface area (Å²) in [6.45, 7) is 5.21. The van der Waals surface area contributed by atoms with Gasteiger partial charge in [-0.05, 0) is 68.5 Å². The van der Waals surface area contributed by atoms with Gasteiger partial charge < -0.3 is 10.2 Å². The highest BCUT2D eigenvalue weighted by atomic mass is 35.5. The molecular formula is C32H38ClN3O4S. The lowest BCUT2D eigenvalue weighted by molar-refractivity contribution is -0.140. The molecule has 1 fully saturated rings. The number of sulfonamides is 1. The Hall–Kier alpha value is -3.36. The molecule has 218 valence electrons. The van der Waals surface area contributed by atoms with Crippen LogP contribution in [0.5, 0.6) is 0 Å². The number of hydrogen-bond donors (Lipinski definition) is 1. The lowest BCUT2D eigenvalue weighted by Gasteiger charge is -2.34. The minimum atomic E-state index is -4.11. The van der Waals surface area contributed by atoms with E-state index < -0.39 is 28.5 Å². The number of aryl methyl sites for hydroxylation is 2. The van der Waals surface area contributed by atoms with Crippen molar-refractivity contribution < 1.29 is 18.0 Å². The number of hydrogen-bond acceptors (Lipinski definition) is 4. The standard InChI is InChI=1S/C32H38ClN3O4S/c1-4-29(32(38)34-26-13-9-10-14-26)35(21-25-12-8-11-17-28(25)33)31(37)22-36(30-19-18-23(2)20-24(30)3)41(39,40)27-15-6-5-7-16-27/h5-8,11-12,15-20,26,29H,4,9-10,13-14,21-22H2,1-3H3,(H,34,38). The molecule has 1 aliphatic rings. The first kappa shape index (κ1) is 30.6. The number of carbonyl (C=O) groups is 2. The smallest absolute Gasteiger partial charge is 0.264 e. The van der Waals surface area contributed by atoms with Gasteiger partial charge in [0, 0.05) is 17.6 Å². The van der Waals surface area contributed by atoms with Gasteiger partial charge >= 0.3 is 0 Å². The largest absolute Gasteiger partial charge is 0.352 e. The Labute approximate surface area is 248 Å². The van der Waals surface area contributed by atoms with Crippen molar-refractivity contribution in [3.63, 3.8) is 0 Å². The lowest BCUT2D eigenvalue weighted by atomic mass is 10.1. The molecular weight excluding hydrogens is 558 g/mol. The van der Waals surface area contributed by atoms with Crippen LogP contribution in [0.25, 0.3) is 0 Å². The Morgan fingerprint density at radius 2 is 1.63 bits per heavy atom. The van der Waals surface area contributed by atoms with Crippen molar-refractivity contribution in [2.45, 2.75) is 76.4 Å². The molecule has 2 amide bonds. The van der Waals surface area contributed by atoms with Gasteiger partial charge in [-0.1, -0.05) is 85.5 Å². The molecule has 0 radical (unpaired) electrons. The summed E-state index contributed by atoms with van der Waals surface area (Å²) in [4.78, 5) is 29.3. The third-order valence-electron chi connectivity index (χ3n) is 7.62. The average molecular weight is 596 g/mol. The second-order valence-corrected chi connectivity index (χ2v) is 12.9. The van der Waals surface area contributed by atoms with Crippen LogP contribution in [0.4, 0.5) is 5.69 Å². The number of rotatable bonds is 11. The summed E-state index contributed by atoms with van der Waals surface area (Å²) in [5.41, 5.74) is 2.79. The van der Waals surface area contributed by atoms with E-state index in [1.54, 1.807) is 36.4 Å². The minimum Gasteiger partial charge on any atom is -0.352 e. The van der Waals surface area contributed by atoms with Crippen LogP contribution >= 0.6 is 11.6 Å². The Kier molecular flexibility index (Phi) is 10.1. The number of anilines is 1. The summed E-state index contributed by atoms with van der Waals surface area (Å²) in [7, 11) is -4.11. The van der Waals surface area contributed by atoms with E-state index in [1.807, 2.05) is 45.0 Å². The van der Waals surface area contributed by atoms with Crippen LogP contribution in [-0.2, 0) is 26.2 Å². The quantitative estimate of drug-likeness (QED) is 0.294. The molecule has 41 heavy (non-hydrogen) atoms. The van der Waals surface area contributed by atoms with E-state index in [2.05, 4.69) is 5.32 Å². The van der Waals surface area contributed by atoms with E-state index >= 15 is 0 Å². The molecule has 1 aliphatic carbocycles. The van der Waals surface area contributed by atoms with Gasteiger partial charge in [-0.2, -0.15) is 0 Å². The summed E-state index contributed by atoms with van der Waals surface area (Å²) in [5.74, 6) is -0.721. The normalized spacial score (nSPS) is 14.4. The van der Waals surface area contributed by atoms with Crippen LogP contribution in [0.15, 0.2) is 77.7 Å². The predicted molar refractivity (Wildman–Crippen MR) is 163 cm³/mol. The zero-order valence-electron chi connectivity index (χ0n) is 23.8. The number of amides is 2. The molecule has 7 nitrogen and oxygen atoms in total. The number of halogens is 1. The van der Waals surface area contributed by atoms with Crippen LogP contribution in [0.2, 0.25) is 5.02 Å². The van der Waals surface area contributed by atoms with Gasteiger partial charge in [0.2, 0.25) is 11.8 Å². The SMILES string of the molecule is CCC(C(=O)NC1CCCC1)N(Cc1ccccc1Cl)C(=O)CN(c1ccc(C)cc1C)S(=O)(=O)c1ccccc1. The molecule has 0 heterocycles. The molecule has 3 aromatic rings. The molecule has 0 aromatic heterocycles. The zero-order chi connectivity index (χ0) is 29.6. The van der Waals surface area contributed by atoms with E-state index in [0.29, 0.717) is 22.7 Å². The molecule has 4 rings (SSSR count). The third kappa shape index (κ3) is 7.29. The van der Waals surface area contributed by atoms with Crippen molar-refractivity contribution in [2.75, 3.05) is 10.8 Å². The number of nitrogens with zero attached hydrogens (tertiary/aromatic N) is 2. The van der Waals surface area contributed by atoms with E-state index in [0.717, 1.165) is 41.1 Å². The van der Waals surface area contributed by atoms with Gasteiger partial charge in [-0.3, -0.25) is 13.9 Å². The molecule has 0 spiro atoms. The lowest BCUT2D eigenvalue weighted by Crippen LogP contribution is -2.53. The maximum absolute atomic E-state index is 14.2. The van der Waals surface area contributed by atoms with E-state index in [-0.39, 0.29) is 23.4 Å². The second-order valence-electron chi connectivity index (χ2n) is 10.6. The molecule has 0 aliphatic heterocycles. The van der Waals surface area contributed by atoms with Crippen molar-refractivity contribution in [2.24, 2.45) is 0 Å². The van der Waals surface area contributed by atoms with Crippen LogP contribution in [0.3, 0.4) is 0 Å². The van der Waals surface area contributed by atoms with E-state index in [9.17, 15) is 18.0 Å². The van der Waals surface area contributed by atoms with Gasteiger partial charge in [0.1, 0.15) is 12.6 Å². The van der Waals surface area contributed by atoms with Gasteiger partial charge in [0.05, 0.1) is 10.6 Å². The van der Waals surface area contributed by atoms with E-state index in [4.69, 9.17) is 11.6 Å². The third-order valence-corrected chi connectivity index (χ3v) is 9.76. The van der Waals surface area contributed by atoms with Crippen LogP contribution < -0.4 is 9.62 Å². The average Bonchev–Trinajstić information content (AvgIpc) is 3.46. The second kappa shape index (κ2) is 13.5. The zero-order valence-corrected chi connectivity index (χ0v) is 25.4. The summed E-state index contributed by atoms with van der Waals surface area (Å²) in [5, 5.41) is 3.60. The first-order valence-corrected chi connectivity index (χ1v) is 15.9. The Morgan fingerprint density at radius 1 is 0.976 bits per heavy atom. The fourth-order valence-electron chi connectivity index (χ4n) is 5.42. The van der Waals surface area contributed by atoms with Gasteiger partial charge in [-0.25, -0.2) is 8.42 Å². The van der Waals surface area contributed by atoms with E-state index in [1.165, 1.54) is 17.0 Å². The molecule has 1 unspecified atom stereocenters. The predicted octanol–water partition coefficient (Wildman–Crippen LogP) is 6.02. The molecule has 9 heteroatoms. The fraction of sp³-hybridized carbons (Fsp3) is 0.375. The molecule has 1 atom stereocenters. The Morgan fingerprint density at radius 3 is 2.27 bits per heavy atom. The van der Waals surface area contributed by atoms with Crippen molar-refractivity contribution >= 4 is 39.1 Å². The highest BCUT2D eigenvalue weighted by Crippen LogP contribution is 2.29. The minimum absolute atomic E-state index is 0.0706.